The van der Waals surface area contributed by atoms with E-state index in [1.54, 1.807) is 24.3 Å². The molecular formula is C20H21N3O4. The summed E-state index contributed by atoms with van der Waals surface area (Å²) in [6.07, 6.45) is 2.04. The molecule has 0 radical (unpaired) electrons. The van der Waals surface area contributed by atoms with E-state index in [4.69, 9.17) is 5.11 Å². The van der Waals surface area contributed by atoms with Gasteiger partial charge in [0.25, 0.3) is 5.91 Å². The number of rotatable bonds is 6. The van der Waals surface area contributed by atoms with Gasteiger partial charge in [-0.3, -0.25) is 9.59 Å². The highest BCUT2D eigenvalue weighted by Crippen LogP contribution is 2.24. The molecule has 1 fully saturated rings. The fourth-order valence-corrected chi connectivity index (χ4v) is 2.68. The summed E-state index contributed by atoms with van der Waals surface area (Å²) in [4.78, 5) is 36.2. The highest BCUT2D eigenvalue weighted by Gasteiger charge is 2.23. The van der Waals surface area contributed by atoms with Crippen molar-refractivity contribution in [1.29, 1.82) is 0 Å². The number of amides is 3. The Morgan fingerprint density at radius 1 is 1.07 bits per heavy atom. The summed E-state index contributed by atoms with van der Waals surface area (Å²) in [6, 6.07) is 14.4. The van der Waals surface area contributed by atoms with Crippen LogP contribution in [0.15, 0.2) is 48.5 Å². The van der Waals surface area contributed by atoms with Crippen LogP contribution in [0.4, 0.5) is 10.5 Å². The molecule has 0 bridgehead atoms. The maximum atomic E-state index is 12.4. The van der Waals surface area contributed by atoms with Crippen molar-refractivity contribution >= 4 is 23.6 Å². The molecule has 1 aliphatic carbocycles. The summed E-state index contributed by atoms with van der Waals surface area (Å²) in [6.45, 7) is -0.363. The molecule has 7 nitrogen and oxygen atoms in total. The number of aliphatic carboxylic acids is 1. The number of likely N-dealkylation sites (N-methyl/N-ethyl adjacent to an activating group) is 1. The third-order valence-electron chi connectivity index (χ3n) is 4.19. The van der Waals surface area contributed by atoms with Gasteiger partial charge in [0.15, 0.2) is 0 Å². The number of carboxylic acids is 1. The summed E-state index contributed by atoms with van der Waals surface area (Å²) in [5, 5.41) is 14.5. The lowest BCUT2D eigenvalue weighted by Gasteiger charge is -2.15. The average molecular weight is 367 g/mol. The molecule has 3 rings (SSSR count). The highest BCUT2D eigenvalue weighted by atomic mass is 16.4. The summed E-state index contributed by atoms with van der Waals surface area (Å²) in [7, 11) is 1.45. The number of carboxylic acid groups (broad SMARTS) is 1. The Kier molecular flexibility index (Phi) is 5.40. The van der Waals surface area contributed by atoms with Crippen molar-refractivity contribution in [3.63, 3.8) is 0 Å². The van der Waals surface area contributed by atoms with E-state index in [2.05, 4.69) is 10.6 Å². The molecule has 27 heavy (non-hydrogen) atoms. The summed E-state index contributed by atoms with van der Waals surface area (Å²) in [5.74, 6) is -1.43. The first-order valence-corrected chi connectivity index (χ1v) is 8.67. The standard InChI is InChI=1S/C20H21N3O4/c1-23(12-18(24)25)19(26)15-6-2-4-13(10-15)14-5-3-7-17(11-14)22-20(27)21-16-8-9-16/h2-7,10-11,16H,8-9,12H2,1H3,(H,24,25)(H2,21,22,27). The molecule has 3 N–H and O–H groups in total. The normalized spacial score (nSPS) is 12.9. The molecular weight excluding hydrogens is 346 g/mol. The average Bonchev–Trinajstić information content (AvgIpc) is 3.44. The van der Waals surface area contributed by atoms with Crippen LogP contribution in [-0.2, 0) is 4.79 Å². The van der Waals surface area contributed by atoms with E-state index in [0.29, 0.717) is 11.3 Å². The second kappa shape index (κ2) is 7.90. The topological polar surface area (TPSA) is 98.7 Å². The summed E-state index contributed by atoms with van der Waals surface area (Å²) >= 11 is 0. The van der Waals surface area contributed by atoms with Crippen LogP contribution >= 0.6 is 0 Å². The third kappa shape index (κ3) is 5.07. The Morgan fingerprint density at radius 2 is 1.74 bits per heavy atom. The lowest BCUT2D eigenvalue weighted by atomic mass is 10.0. The lowest BCUT2D eigenvalue weighted by Crippen LogP contribution is -2.31. The largest absolute Gasteiger partial charge is 0.480 e. The first-order chi connectivity index (χ1) is 12.9. The first-order valence-electron chi connectivity index (χ1n) is 8.67. The zero-order valence-corrected chi connectivity index (χ0v) is 14.9. The predicted molar refractivity (Wildman–Crippen MR) is 102 cm³/mol. The van der Waals surface area contributed by atoms with Crippen molar-refractivity contribution < 1.29 is 19.5 Å². The van der Waals surface area contributed by atoms with E-state index in [0.717, 1.165) is 28.9 Å². The lowest BCUT2D eigenvalue weighted by molar-refractivity contribution is -0.137. The van der Waals surface area contributed by atoms with Gasteiger partial charge in [0.1, 0.15) is 6.54 Å². The minimum atomic E-state index is -1.06. The van der Waals surface area contributed by atoms with E-state index in [1.165, 1.54) is 7.05 Å². The number of benzene rings is 2. The predicted octanol–water partition coefficient (Wildman–Crippen LogP) is 2.79. The van der Waals surface area contributed by atoms with Crippen molar-refractivity contribution in [2.45, 2.75) is 18.9 Å². The molecule has 140 valence electrons. The molecule has 0 heterocycles. The van der Waals surface area contributed by atoms with Crippen LogP contribution in [0, 0.1) is 0 Å². The van der Waals surface area contributed by atoms with Crippen molar-refractivity contribution in [3.8, 4) is 11.1 Å². The quantitative estimate of drug-likeness (QED) is 0.731. The van der Waals surface area contributed by atoms with Gasteiger partial charge in [-0.15, -0.1) is 0 Å². The molecule has 1 saturated carbocycles. The number of carbonyl (C=O) groups excluding carboxylic acids is 2. The van der Waals surface area contributed by atoms with E-state index in [-0.39, 0.29) is 24.5 Å². The fraction of sp³-hybridized carbons (Fsp3) is 0.250. The molecule has 0 unspecified atom stereocenters. The van der Waals surface area contributed by atoms with E-state index in [1.807, 2.05) is 24.3 Å². The first kappa shape index (κ1) is 18.4. The van der Waals surface area contributed by atoms with Gasteiger partial charge in [-0.2, -0.15) is 0 Å². The Hall–Kier alpha value is -3.35. The van der Waals surface area contributed by atoms with Crippen LogP contribution in [0.5, 0.6) is 0 Å². The van der Waals surface area contributed by atoms with Crippen molar-refractivity contribution in [2.24, 2.45) is 0 Å². The maximum Gasteiger partial charge on any atom is 0.323 e. The van der Waals surface area contributed by atoms with E-state index >= 15 is 0 Å². The van der Waals surface area contributed by atoms with Gasteiger partial charge in [0.2, 0.25) is 0 Å². The minimum Gasteiger partial charge on any atom is -0.480 e. The number of hydrogen-bond donors (Lipinski definition) is 3. The Labute approximate surface area is 157 Å². The van der Waals surface area contributed by atoms with Crippen LogP contribution in [0.2, 0.25) is 0 Å². The third-order valence-corrected chi connectivity index (χ3v) is 4.19. The van der Waals surface area contributed by atoms with E-state index in [9.17, 15) is 14.4 Å². The minimum absolute atomic E-state index is 0.228. The van der Waals surface area contributed by atoms with Gasteiger partial charge >= 0.3 is 12.0 Å². The molecule has 2 aromatic carbocycles. The van der Waals surface area contributed by atoms with Gasteiger partial charge in [-0.25, -0.2) is 4.79 Å². The van der Waals surface area contributed by atoms with Crippen molar-refractivity contribution in [2.75, 3.05) is 18.9 Å². The van der Waals surface area contributed by atoms with E-state index < -0.39 is 5.97 Å². The molecule has 3 amide bonds. The monoisotopic (exact) mass is 367 g/mol. The Morgan fingerprint density at radius 3 is 2.41 bits per heavy atom. The number of carbonyl (C=O) groups is 3. The van der Waals surface area contributed by atoms with Crippen LogP contribution in [0.3, 0.4) is 0 Å². The zero-order chi connectivity index (χ0) is 19.4. The molecule has 0 aliphatic heterocycles. The van der Waals surface area contributed by atoms with Gasteiger partial charge in [-0.05, 0) is 48.2 Å². The number of hydrogen-bond acceptors (Lipinski definition) is 3. The molecule has 1 aliphatic rings. The van der Waals surface area contributed by atoms with Crippen LogP contribution in [-0.4, -0.2) is 47.5 Å². The second-order valence-electron chi connectivity index (χ2n) is 6.59. The van der Waals surface area contributed by atoms with Gasteiger partial charge in [0.05, 0.1) is 0 Å². The summed E-state index contributed by atoms with van der Waals surface area (Å²) < 4.78 is 0. The SMILES string of the molecule is CN(CC(=O)O)C(=O)c1cccc(-c2cccc(NC(=O)NC3CC3)c2)c1. The molecule has 2 aromatic rings. The highest BCUT2D eigenvalue weighted by molar-refractivity contribution is 5.97. The molecule has 0 saturated heterocycles. The molecule has 0 spiro atoms. The second-order valence-corrected chi connectivity index (χ2v) is 6.59. The van der Waals surface area contributed by atoms with Crippen molar-refractivity contribution in [3.05, 3.63) is 54.1 Å². The van der Waals surface area contributed by atoms with Gasteiger partial charge < -0.3 is 20.6 Å². The van der Waals surface area contributed by atoms with Crippen LogP contribution in [0.25, 0.3) is 11.1 Å². The van der Waals surface area contributed by atoms with Crippen LogP contribution in [0.1, 0.15) is 23.2 Å². The van der Waals surface area contributed by atoms with Crippen molar-refractivity contribution in [1.82, 2.24) is 10.2 Å². The number of anilines is 1. The molecule has 0 atom stereocenters. The van der Waals surface area contributed by atoms with Crippen LogP contribution < -0.4 is 10.6 Å². The maximum absolute atomic E-state index is 12.4. The number of nitrogens with zero attached hydrogens (tertiary/aromatic N) is 1. The Bertz CT molecular complexity index is 877. The number of urea groups is 1. The van der Waals surface area contributed by atoms with Gasteiger partial charge in [-0.1, -0.05) is 24.3 Å². The Balaban J connectivity index is 1.76. The number of nitrogens with one attached hydrogen (secondary N) is 2. The summed E-state index contributed by atoms with van der Waals surface area (Å²) in [5.41, 5.74) is 2.71. The van der Waals surface area contributed by atoms with Gasteiger partial charge in [0, 0.05) is 24.3 Å². The molecule has 7 heteroatoms. The smallest absolute Gasteiger partial charge is 0.323 e. The molecule has 0 aromatic heterocycles. The fourth-order valence-electron chi connectivity index (χ4n) is 2.68. The zero-order valence-electron chi connectivity index (χ0n) is 14.9.